The molecule has 0 amide bonds. The van der Waals surface area contributed by atoms with Crippen molar-refractivity contribution in [3.8, 4) is 17.1 Å². The molecule has 0 bridgehead atoms. The summed E-state index contributed by atoms with van der Waals surface area (Å²) in [4.78, 5) is 18.3. The number of aromatic amines is 1. The molecule has 14 nitrogen and oxygen atoms in total. The van der Waals surface area contributed by atoms with Crippen LogP contribution in [0.15, 0.2) is 23.0 Å². The van der Waals surface area contributed by atoms with Crippen LogP contribution >= 0.6 is 11.6 Å². The molecule has 17 heteroatoms. The first-order valence-electron chi connectivity index (χ1n) is 7.50. The second-order valence-corrected chi connectivity index (χ2v) is 7.33. The molecule has 2 rings (SSSR count). The fourth-order valence-electron chi connectivity index (χ4n) is 1.65. The SMILES string of the molecule is CCCOc1ccc(Cl)cc1-c1nc(N)c(N)c(=O)[nH]1.O=S(=O)(O)O.O=S(=O)(O)O. The maximum Gasteiger partial charge on any atom is 0.394 e. The average Bonchev–Trinajstić information content (AvgIpc) is 2.55. The van der Waals surface area contributed by atoms with Crippen LogP contribution in [0.25, 0.3) is 11.4 Å². The standard InChI is InChI=1S/C13H15ClN4O2.2H2O4S/c1-2-5-20-9-4-3-7(14)6-8(9)12-17-11(16)10(15)13(19)18-12;2*1-5(2,3)4/h3-4,6H,2,5,15H2,1H3,(H3,16,17,18,19);2*(H2,1,2,3,4). The Balaban J connectivity index is 0.000000702. The molecule has 0 aliphatic rings. The van der Waals surface area contributed by atoms with Crippen LogP contribution in [0.1, 0.15) is 13.3 Å². The van der Waals surface area contributed by atoms with Crippen molar-refractivity contribution in [1.29, 1.82) is 0 Å². The summed E-state index contributed by atoms with van der Waals surface area (Å²) in [6, 6.07) is 5.08. The van der Waals surface area contributed by atoms with Gasteiger partial charge in [0.25, 0.3) is 5.56 Å². The predicted molar refractivity (Wildman–Crippen MR) is 108 cm³/mol. The Hall–Kier alpha value is -2.47. The van der Waals surface area contributed by atoms with Gasteiger partial charge in [0.05, 0.1) is 12.2 Å². The summed E-state index contributed by atoms with van der Waals surface area (Å²) in [5.41, 5.74) is 11.1. The van der Waals surface area contributed by atoms with E-state index in [2.05, 4.69) is 9.97 Å². The van der Waals surface area contributed by atoms with E-state index in [1.807, 2.05) is 6.92 Å². The van der Waals surface area contributed by atoms with Gasteiger partial charge in [0, 0.05) is 5.02 Å². The van der Waals surface area contributed by atoms with Crippen molar-refractivity contribution in [1.82, 2.24) is 9.97 Å². The number of nitrogen functional groups attached to an aromatic ring is 2. The summed E-state index contributed by atoms with van der Waals surface area (Å²) in [5.74, 6) is 0.823. The molecule has 0 aliphatic carbocycles. The molecule has 30 heavy (non-hydrogen) atoms. The number of halogens is 1. The van der Waals surface area contributed by atoms with Gasteiger partial charge in [0.1, 0.15) is 17.3 Å². The number of rotatable bonds is 4. The molecule has 1 aromatic carbocycles. The molecule has 0 atom stereocenters. The molecule has 9 N–H and O–H groups in total. The number of ether oxygens (including phenoxy) is 1. The van der Waals surface area contributed by atoms with Gasteiger partial charge in [-0.2, -0.15) is 16.8 Å². The lowest BCUT2D eigenvalue weighted by Crippen LogP contribution is -2.17. The van der Waals surface area contributed by atoms with Crippen molar-refractivity contribution < 1.29 is 39.8 Å². The van der Waals surface area contributed by atoms with Crippen molar-refractivity contribution >= 4 is 43.9 Å². The molecule has 1 aromatic heterocycles. The maximum atomic E-state index is 11.7. The molecule has 0 saturated carbocycles. The van der Waals surface area contributed by atoms with Crippen molar-refractivity contribution in [3.63, 3.8) is 0 Å². The molecule has 0 radical (unpaired) electrons. The van der Waals surface area contributed by atoms with Crippen LogP contribution in [0.2, 0.25) is 5.02 Å². The van der Waals surface area contributed by atoms with Crippen molar-refractivity contribution in [3.05, 3.63) is 33.6 Å². The van der Waals surface area contributed by atoms with Gasteiger partial charge in [0.15, 0.2) is 5.82 Å². The van der Waals surface area contributed by atoms with E-state index in [-0.39, 0.29) is 17.3 Å². The summed E-state index contributed by atoms with van der Waals surface area (Å²) < 4.78 is 68.8. The van der Waals surface area contributed by atoms with Crippen LogP contribution in [-0.4, -0.2) is 51.6 Å². The third-order valence-corrected chi connectivity index (χ3v) is 2.88. The first-order chi connectivity index (χ1) is 13.5. The molecule has 0 saturated heterocycles. The monoisotopic (exact) mass is 490 g/mol. The average molecular weight is 491 g/mol. The molecule has 0 spiro atoms. The van der Waals surface area contributed by atoms with Crippen LogP contribution in [-0.2, 0) is 20.8 Å². The third-order valence-electron chi connectivity index (χ3n) is 2.64. The fraction of sp³-hybridized carbons (Fsp3) is 0.231. The molecular formula is C13H19ClN4O10S2. The number of benzene rings is 1. The number of hydrogen-bond donors (Lipinski definition) is 7. The van der Waals surface area contributed by atoms with Gasteiger partial charge < -0.3 is 21.2 Å². The summed E-state index contributed by atoms with van der Waals surface area (Å²) in [5, 5.41) is 0.502. The lowest BCUT2D eigenvalue weighted by molar-refractivity contribution is 0.318. The first kappa shape index (κ1) is 27.5. The molecule has 0 fully saturated rings. The number of nitrogens with zero attached hydrogens (tertiary/aromatic N) is 1. The third kappa shape index (κ3) is 12.9. The fourth-order valence-corrected chi connectivity index (χ4v) is 1.82. The zero-order chi connectivity index (χ0) is 23.7. The highest BCUT2D eigenvalue weighted by molar-refractivity contribution is 7.80. The first-order valence-corrected chi connectivity index (χ1v) is 10.7. The Kier molecular flexibility index (Phi) is 10.7. The quantitative estimate of drug-likeness (QED) is 0.292. The molecule has 1 heterocycles. The van der Waals surface area contributed by atoms with Crippen molar-refractivity contribution in [2.75, 3.05) is 18.1 Å². The Morgan fingerprint density at radius 1 is 1.10 bits per heavy atom. The highest BCUT2D eigenvalue weighted by atomic mass is 35.5. The Morgan fingerprint density at radius 3 is 2.03 bits per heavy atom. The summed E-state index contributed by atoms with van der Waals surface area (Å²) in [6.07, 6.45) is 0.857. The zero-order valence-electron chi connectivity index (χ0n) is 15.2. The van der Waals surface area contributed by atoms with Crippen molar-refractivity contribution in [2.24, 2.45) is 0 Å². The molecular weight excluding hydrogens is 472 g/mol. The van der Waals surface area contributed by atoms with E-state index in [0.29, 0.717) is 22.9 Å². The zero-order valence-corrected chi connectivity index (χ0v) is 17.6. The highest BCUT2D eigenvalue weighted by Crippen LogP contribution is 2.30. The van der Waals surface area contributed by atoms with E-state index in [9.17, 15) is 4.79 Å². The second-order valence-electron chi connectivity index (χ2n) is 5.10. The summed E-state index contributed by atoms with van der Waals surface area (Å²) >= 11 is 5.98. The number of anilines is 2. The smallest absolute Gasteiger partial charge is 0.394 e. The van der Waals surface area contributed by atoms with Crippen LogP contribution in [0.4, 0.5) is 11.5 Å². The second kappa shape index (κ2) is 11.6. The summed E-state index contributed by atoms with van der Waals surface area (Å²) in [7, 11) is -9.33. The molecule has 2 aromatic rings. The minimum Gasteiger partial charge on any atom is -0.493 e. The number of aromatic nitrogens is 2. The lowest BCUT2D eigenvalue weighted by Gasteiger charge is -2.11. The number of nitrogens with two attached hydrogens (primary N) is 2. The Bertz CT molecular complexity index is 1070. The largest absolute Gasteiger partial charge is 0.493 e. The topological polar surface area (TPSA) is 256 Å². The van der Waals surface area contributed by atoms with Gasteiger partial charge in [-0.25, -0.2) is 4.98 Å². The molecule has 170 valence electrons. The molecule has 0 aliphatic heterocycles. The van der Waals surface area contributed by atoms with E-state index < -0.39 is 26.4 Å². The van der Waals surface area contributed by atoms with E-state index in [0.717, 1.165) is 6.42 Å². The van der Waals surface area contributed by atoms with Gasteiger partial charge in [-0.1, -0.05) is 18.5 Å². The van der Waals surface area contributed by atoms with Gasteiger partial charge in [0.2, 0.25) is 0 Å². The van der Waals surface area contributed by atoms with Gasteiger partial charge in [-0.05, 0) is 24.6 Å². The van der Waals surface area contributed by atoms with Crippen LogP contribution in [0.3, 0.4) is 0 Å². The number of nitrogens with one attached hydrogen (secondary N) is 1. The van der Waals surface area contributed by atoms with E-state index >= 15 is 0 Å². The van der Waals surface area contributed by atoms with Gasteiger partial charge in [-0.15, -0.1) is 0 Å². The molecule has 0 unspecified atom stereocenters. The Morgan fingerprint density at radius 2 is 1.60 bits per heavy atom. The van der Waals surface area contributed by atoms with Gasteiger partial charge in [-0.3, -0.25) is 23.0 Å². The normalized spacial score (nSPS) is 10.9. The van der Waals surface area contributed by atoms with Crippen LogP contribution in [0, 0.1) is 0 Å². The summed E-state index contributed by atoms with van der Waals surface area (Å²) in [6.45, 7) is 2.54. The van der Waals surface area contributed by atoms with Crippen LogP contribution in [0.5, 0.6) is 5.75 Å². The predicted octanol–water partition coefficient (Wildman–Crippen LogP) is 0.738. The van der Waals surface area contributed by atoms with Gasteiger partial charge >= 0.3 is 20.8 Å². The number of hydrogen-bond acceptors (Lipinski definition) is 9. The minimum atomic E-state index is -4.67. The van der Waals surface area contributed by atoms with E-state index in [1.165, 1.54) is 0 Å². The highest BCUT2D eigenvalue weighted by Gasteiger charge is 2.13. The van der Waals surface area contributed by atoms with E-state index in [4.69, 9.17) is 62.9 Å². The Labute approximate surface area is 176 Å². The van der Waals surface area contributed by atoms with Crippen molar-refractivity contribution in [2.45, 2.75) is 13.3 Å². The van der Waals surface area contributed by atoms with Crippen LogP contribution < -0.4 is 21.8 Å². The minimum absolute atomic E-state index is 0.0230. The van der Waals surface area contributed by atoms with E-state index in [1.54, 1.807) is 18.2 Å². The maximum absolute atomic E-state index is 11.7. The number of H-pyrrole nitrogens is 1. The lowest BCUT2D eigenvalue weighted by atomic mass is 10.2.